The molecule has 3 heteroatoms. The molecule has 0 radical (unpaired) electrons. The van der Waals surface area contributed by atoms with Crippen molar-refractivity contribution in [3.8, 4) is 0 Å². The first kappa shape index (κ1) is 11.7. The lowest BCUT2D eigenvalue weighted by Crippen LogP contribution is -2.11. The van der Waals surface area contributed by atoms with Gasteiger partial charge in [-0.3, -0.25) is 4.57 Å². The van der Waals surface area contributed by atoms with Crippen LogP contribution in [0.3, 0.4) is 0 Å². The summed E-state index contributed by atoms with van der Waals surface area (Å²) in [5, 5.41) is 0.753. The summed E-state index contributed by atoms with van der Waals surface area (Å²) in [6.45, 7) is 7.38. The van der Waals surface area contributed by atoms with Crippen LogP contribution < -0.4 is 5.30 Å². The van der Waals surface area contributed by atoms with E-state index in [1.54, 1.807) is 24.3 Å². The summed E-state index contributed by atoms with van der Waals surface area (Å²) < 4.78 is 17.4. The van der Waals surface area contributed by atoms with E-state index < -0.39 is 8.03 Å². The topological polar surface area (TPSA) is 26.3 Å². The van der Waals surface area contributed by atoms with E-state index in [1.165, 1.54) is 0 Å². The van der Waals surface area contributed by atoms with Gasteiger partial charge in [0.25, 0.3) is 8.03 Å². The molecular formula is C14H13O2P. The van der Waals surface area contributed by atoms with E-state index >= 15 is 0 Å². The van der Waals surface area contributed by atoms with Crippen molar-refractivity contribution in [2.45, 2.75) is 0 Å². The van der Waals surface area contributed by atoms with Crippen LogP contribution in [-0.2, 0) is 9.09 Å². The zero-order chi connectivity index (χ0) is 12.3. The minimum atomic E-state index is -2.21. The second kappa shape index (κ2) is 5.03. The zero-order valence-corrected chi connectivity index (χ0v) is 10.3. The predicted octanol–water partition coefficient (Wildman–Crippen LogP) is 3.46. The highest BCUT2D eigenvalue weighted by atomic mass is 31.1. The van der Waals surface area contributed by atoms with Crippen LogP contribution in [0, 0.1) is 0 Å². The molecule has 1 atom stereocenters. The Morgan fingerprint density at radius 3 is 2.71 bits per heavy atom. The molecule has 0 aliphatic carbocycles. The molecule has 17 heavy (non-hydrogen) atoms. The fourth-order valence-corrected chi connectivity index (χ4v) is 2.89. The highest BCUT2D eigenvalue weighted by Gasteiger charge is 2.21. The van der Waals surface area contributed by atoms with Crippen LogP contribution in [0.15, 0.2) is 67.5 Å². The summed E-state index contributed by atoms with van der Waals surface area (Å²) in [7, 11) is -2.21. The summed E-state index contributed by atoms with van der Waals surface area (Å²) >= 11 is 0. The molecule has 1 unspecified atom stereocenters. The number of benzene rings is 1. The smallest absolute Gasteiger partial charge is 0.266 e. The first-order valence-corrected chi connectivity index (χ1v) is 6.57. The lowest BCUT2D eigenvalue weighted by atomic mass is 10.0. The molecule has 0 fully saturated rings. The molecule has 1 aliphatic heterocycles. The van der Waals surface area contributed by atoms with Crippen molar-refractivity contribution >= 4 is 18.9 Å². The Morgan fingerprint density at radius 2 is 2.00 bits per heavy atom. The molecule has 0 N–H and O–H groups in total. The molecule has 1 aromatic carbocycles. The van der Waals surface area contributed by atoms with Gasteiger partial charge in [-0.05, 0) is 17.7 Å². The molecule has 0 bridgehead atoms. The lowest BCUT2D eigenvalue weighted by Gasteiger charge is -2.20. The van der Waals surface area contributed by atoms with Gasteiger partial charge >= 0.3 is 0 Å². The van der Waals surface area contributed by atoms with Crippen LogP contribution in [-0.4, -0.2) is 0 Å². The van der Waals surface area contributed by atoms with Crippen molar-refractivity contribution in [1.82, 2.24) is 0 Å². The van der Waals surface area contributed by atoms with E-state index in [9.17, 15) is 4.57 Å². The maximum absolute atomic E-state index is 12.0. The molecule has 86 valence electrons. The molecule has 1 heterocycles. The van der Waals surface area contributed by atoms with Gasteiger partial charge in [-0.2, -0.15) is 0 Å². The Morgan fingerprint density at radius 1 is 1.24 bits per heavy atom. The van der Waals surface area contributed by atoms with Gasteiger partial charge in [0, 0.05) is 5.57 Å². The predicted molar refractivity (Wildman–Crippen MR) is 72.6 cm³/mol. The van der Waals surface area contributed by atoms with Gasteiger partial charge in [-0.1, -0.05) is 49.6 Å². The van der Waals surface area contributed by atoms with Gasteiger partial charge in [0.1, 0.15) is 5.76 Å². The van der Waals surface area contributed by atoms with Crippen molar-refractivity contribution in [2.75, 3.05) is 0 Å². The van der Waals surface area contributed by atoms with Gasteiger partial charge in [0.05, 0.1) is 5.30 Å². The van der Waals surface area contributed by atoms with Crippen molar-refractivity contribution in [3.05, 3.63) is 73.1 Å². The van der Waals surface area contributed by atoms with Crippen molar-refractivity contribution in [2.24, 2.45) is 0 Å². The summed E-state index contributed by atoms with van der Waals surface area (Å²) in [6.07, 6.45) is 6.87. The summed E-state index contributed by atoms with van der Waals surface area (Å²) in [5.41, 5.74) is 1.80. The average Bonchev–Trinajstić information content (AvgIpc) is 2.36. The molecule has 1 aromatic rings. The summed E-state index contributed by atoms with van der Waals surface area (Å²) in [6, 6.07) is 7.53. The first-order valence-electron chi connectivity index (χ1n) is 5.25. The Kier molecular flexibility index (Phi) is 3.46. The number of fused-ring (bicyclic) bond motifs is 1. The number of hydrogen-bond donors (Lipinski definition) is 0. The third kappa shape index (κ3) is 2.17. The zero-order valence-electron chi connectivity index (χ0n) is 9.35. The fourth-order valence-electron chi connectivity index (χ4n) is 1.73. The summed E-state index contributed by atoms with van der Waals surface area (Å²) in [4.78, 5) is 0. The largest absolute Gasteiger partial charge is 0.441 e. The van der Waals surface area contributed by atoms with Crippen LogP contribution in [0.5, 0.6) is 0 Å². The van der Waals surface area contributed by atoms with Crippen LogP contribution in [0.4, 0.5) is 0 Å². The number of allylic oxidation sites excluding steroid dienone is 5. The van der Waals surface area contributed by atoms with E-state index in [0.717, 1.165) is 16.4 Å². The van der Waals surface area contributed by atoms with E-state index in [-0.39, 0.29) is 0 Å². The van der Waals surface area contributed by atoms with E-state index in [4.69, 9.17) is 4.52 Å². The molecule has 2 nitrogen and oxygen atoms in total. The standard InChI is InChI=1S/C14H13O2P/c1-3-5-9-13-11(4-2)12-8-6-7-10-14(12)17(15)16-13/h3-10,17H,1-2H2/b9-5-. The monoisotopic (exact) mass is 244 g/mol. The Hall–Kier alpha value is -1.79. The Labute approximate surface area is 101 Å². The SMILES string of the molecule is C=C/C=C\C1=C(C=C)c2ccccc2[PH](=O)O1. The van der Waals surface area contributed by atoms with Crippen LogP contribution in [0.2, 0.25) is 0 Å². The number of rotatable bonds is 3. The van der Waals surface area contributed by atoms with Crippen molar-refractivity contribution in [3.63, 3.8) is 0 Å². The maximum atomic E-state index is 12.0. The van der Waals surface area contributed by atoms with Gasteiger partial charge in [-0.15, -0.1) is 0 Å². The van der Waals surface area contributed by atoms with Gasteiger partial charge in [0.2, 0.25) is 0 Å². The van der Waals surface area contributed by atoms with E-state index in [2.05, 4.69) is 13.2 Å². The fraction of sp³-hybridized carbons (Fsp3) is 0. The molecule has 0 aromatic heterocycles. The molecular weight excluding hydrogens is 231 g/mol. The molecule has 0 amide bonds. The molecule has 2 rings (SSSR count). The average molecular weight is 244 g/mol. The van der Waals surface area contributed by atoms with Gasteiger partial charge in [-0.25, -0.2) is 0 Å². The summed E-state index contributed by atoms with van der Waals surface area (Å²) in [5.74, 6) is 0.586. The third-order valence-electron chi connectivity index (χ3n) is 2.49. The van der Waals surface area contributed by atoms with Gasteiger partial charge < -0.3 is 4.52 Å². The Balaban J connectivity index is 2.62. The van der Waals surface area contributed by atoms with Crippen LogP contribution in [0.1, 0.15) is 5.56 Å². The first-order chi connectivity index (χ1) is 8.27. The minimum absolute atomic E-state index is 0.586. The van der Waals surface area contributed by atoms with E-state index in [1.807, 2.05) is 24.3 Å². The number of hydrogen-bond acceptors (Lipinski definition) is 2. The van der Waals surface area contributed by atoms with Crippen LogP contribution in [0.25, 0.3) is 5.57 Å². The Bertz CT molecular complexity index is 553. The van der Waals surface area contributed by atoms with Gasteiger partial charge in [0.15, 0.2) is 0 Å². The second-order valence-electron chi connectivity index (χ2n) is 3.51. The molecule has 0 saturated heterocycles. The highest BCUT2D eigenvalue weighted by Crippen LogP contribution is 2.38. The molecule has 1 aliphatic rings. The molecule has 0 saturated carbocycles. The molecule has 0 spiro atoms. The lowest BCUT2D eigenvalue weighted by molar-refractivity contribution is 0.446. The van der Waals surface area contributed by atoms with Crippen LogP contribution >= 0.6 is 8.03 Å². The van der Waals surface area contributed by atoms with Crippen molar-refractivity contribution in [1.29, 1.82) is 0 Å². The van der Waals surface area contributed by atoms with E-state index in [0.29, 0.717) is 5.76 Å². The normalized spacial score (nSPS) is 18.7. The highest BCUT2D eigenvalue weighted by molar-refractivity contribution is 7.48. The minimum Gasteiger partial charge on any atom is -0.441 e. The second-order valence-corrected chi connectivity index (χ2v) is 4.83. The van der Waals surface area contributed by atoms with Crippen molar-refractivity contribution < 1.29 is 9.09 Å². The maximum Gasteiger partial charge on any atom is 0.266 e. The quantitative estimate of drug-likeness (QED) is 0.601. The third-order valence-corrected chi connectivity index (χ3v) is 3.77.